The van der Waals surface area contributed by atoms with Crippen molar-refractivity contribution in [3.8, 4) is 0 Å². The van der Waals surface area contributed by atoms with Crippen molar-refractivity contribution >= 4 is 62.9 Å². The molecule has 1 rings (SSSR count). The number of hydrogen-bond acceptors (Lipinski definition) is 17. The minimum Gasteiger partial charge on any atom is -0.394 e. The second kappa shape index (κ2) is 35.0. The molecule has 12 atom stereocenters. The second-order valence-corrected chi connectivity index (χ2v) is 23.2. The molecule has 0 aliphatic carbocycles. The van der Waals surface area contributed by atoms with Gasteiger partial charge in [-0.05, 0) is 55.8 Å². The van der Waals surface area contributed by atoms with E-state index in [0.29, 0.717) is 43.9 Å². The van der Waals surface area contributed by atoms with Gasteiger partial charge in [-0.1, -0.05) is 90.8 Å². The van der Waals surface area contributed by atoms with Gasteiger partial charge in [0.25, 0.3) is 0 Å². The molecule has 1 aliphatic heterocycles. The summed E-state index contributed by atoms with van der Waals surface area (Å²) in [4.78, 5) is 91.1. The molecule has 0 unspecified atom stereocenters. The van der Waals surface area contributed by atoms with Crippen LogP contribution in [0.4, 0.5) is 0 Å². The maximum Gasteiger partial charge on any atom is 0.243 e. The molecule has 0 spiro atoms. The van der Waals surface area contributed by atoms with Crippen LogP contribution in [0.5, 0.6) is 0 Å². The molecule has 72 heavy (non-hydrogen) atoms. The summed E-state index contributed by atoms with van der Waals surface area (Å²) < 4.78 is 10.7. The van der Waals surface area contributed by atoms with Crippen LogP contribution in [0.1, 0.15) is 121 Å². The minimum atomic E-state index is -1.55. The van der Waals surface area contributed by atoms with Crippen LogP contribution in [0.25, 0.3) is 0 Å². The van der Waals surface area contributed by atoms with Crippen LogP contribution in [0.2, 0.25) is 0 Å². The van der Waals surface area contributed by atoms with Gasteiger partial charge in [-0.25, -0.2) is 0 Å². The van der Waals surface area contributed by atoms with Gasteiger partial charge in [0.1, 0.15) is 42.5 Å². The number of carbonyl (C=O) groups is 7. The molecule has 0 saturated carbocycles. The van der Waals surface area contributed by atoms with Gasteiger partial charge in [0.15, 0.2) is 6.29 Å². The lowest BCUT2D eigenvalue weighted by Crippen LogP contribution is -2.59. The molecule has 1 saturated heterocycles. The lowest BCUT2D eigenvalue weighted by molar-refractivity contribution is -0.301. The summed E-state index contributed by atoms with van der Waals surface area (Å²) in [6, 6.07) is -4.70. The van der Waals surface area contributed by atoms with Crippen molar-refractivity contribution in [3.63, 3.8) is 0 Å². The van der Waals surface area contributed by atoms with E-state index in [1.807, 2.05) is 41.5 Å². The quantitative estimate of drug-likeness (QED) is 0.0284. The molecule has 0 radical (unpaired) electrons. The standard InChI is InChI=1S/C48H89N7O15S2/c1-25(2)19-31(33(57)22-37(60)50-15-18-72-71-17-14-49-36(59)13-12-16-69-48-44(65)43(64)42(63)35(24-56)70-48)52-45(66)30(11)51-39(62)23-34(58)32(20-26(3)4)53-46(67)41(29(9)10)55-47(68)40(28(7)8)54-38(61)21-27(5)6/h25-35,40-44,48,56-58,63-65H,12-24H2,1-11H3,(H,49,59)(H,50,60)(H,51,62)(H,52,66)(H,53,67)(H,54,61)(H,55,68)/t30-,31-,32-,33-,34-,35+,40-,41-,42+,43-,44-,48-/m0/s1. The summed E-state index contributed by atoms with van der Waals surface area (Å²) in [5, 5.41) is 80.6. The Morgan fingerprint density at radius 2 is 1.03 bits per heavy atom. The number of aliphatic hydroxyl groups is 6. The molecule has 0 aromatic rings. The minimum absolute atomic E-state index is 0.0128. The normalized spacial score (nSPS) is 21.1. The Morgan fingerprint density at radius 1 is 0.556 bits per heavy atom. The third-order valence-corrected chi connectivity index (χ3v) is 13.9. The number of ether oxygens (including phenoxy) is 2. The first-order valence-corrected chi connectivity index (χ1v) is 27.7. The lowest BCUT2D eigenvalue weighted by atomic mass is 9.95. The van der Waals surface area contributed by atoms with Crippen LogP contribution in [-0.4, -0.2) is 183 Å². The summed E-state index contributed by atoms with van der Waals surface area (Å²) in [6.45, 7) is 20.0. The number of aliphatic hydroxyl groups excluding tert-OH is 6. The summed E-state index contributed by atoms with van der Waals surface area (Å²) >= 11 is 0. The fraction of sp³-hybridized carbons (Fsp3) is 0.854. The first kappa shape index (κ1) is 66.7. The largest absolute Gasteiger partial charge is 0.394 e. The van der Waals surface area contributed by atoms with Crippen molar-refractivity contribution in [2.75, 3.05) is 37.8 Å². The van der Waals surface area contributed by atoms with Crippen LogP contribution in [0.3, 0.4) is 0 Å². The molecule has 1 heterocycles. The Bertz CT molecular complexity index is 1660. The monoisotopic (exact) mass is 1070 g/mol. The zero-order valence-electron chi connectivity index (χ0n) is 44.2. The van der Waals surface area contributed by atoms with Crippen LogP contribution >= 0.6 is 21.6 Å². The molecule has 24 heteroatoms. The summed E-state index contributed by atoms with van der Waals surface area (Å²) in [7, 11) is 2.97. The highest BCUT2D eigenvalue weighted by Crippen LogP contribution is 2.23. The SMILES string of the molecule is CC(C)CC(=O)N[C@H](C(=O)N[C@H](C(=O)N[C@@H](CC(C)C)[C@@H](O)CC(=O)N[C@@H](C)C(=O)N[C@@H](CC(C)C)[C@@H](O)CC(=O)NCCSSCCNC(=O)CCCO[C@H]1O[C@H](CO)[C@@H](O)[C@H](O)[C@@H]1O)C(C)C)C(C)C. The lowest BCUT2D eigenvalue weighted by Gasteiger charge is -2.39. The summed E-state index contributed by atoms with van der Waals surface area (Å²) in [5.74, 6) is -2.71. The van der Waals surface area contributed by atoms with Crippen molar-refractivity contribution in [3.05, 3.63) is 0 Å². The average molecular weight is 1070 g/mol. The highest BCUT2D eigenvalue weighted by molar-refractivity contribution is 8.76. The Labute approximate surface area is 434 Å². The zero-order chi connectivity index (χ0) is 54.8. The van der Waals surface area contributed by atoms with Crippen LogP contribution in [0.15, 0.2) is 0 Å². The van der Waals surface area contributed by atoms with Crippen molar-refractivity contribution in [1.82, 2.24) is 37.2 Å². The van der Waals surface area contributed by atoms with Crippen LogP contribution in [-0.2, 0) is 43.0 Å². The molecular formula is C48H89N7O15S2. The van der Waals surface area contributed by atoms with Crippen molar-refractivity contribution < 1.29 is 73.7 Å². The van der Waals surface area contributed by atoms with E-state index >= 15 is 0 Å². The van der Waals surface area contributed by atoms with Gasteiger partial charge in [0.2, 0.25) is 41.4 Å². The number of hydrogen-bond donors (Lipinski definition) is 13. The Balaban J connectivity index is 2.59. The molecule has 1 aliphatic rings. The Morgan fingerprint density at radius 3 is 1.53 bits per heavy atom. The summed E-state index contributed by atoms with van der Waals surface area (Å²) in [6.07, 6.45) is -8.97. The fourth-order valence-electron chi connectivity index (χ4n) is 7.55. The van der Waals surface area contributed by atoms with Crippen molar-refractivity contribution in [2.24, 2.45) is 29.6 Å². The van der Waals surface area contributed by atoms with Gasteiger partial charge in [-0.15, -0.1) is 0 Å². The van der Waals surface area contributed by atoms with E-state index in [1.54, 1.807) is 27.7 Å². The molecule has 0 bridgehead atoms. The van der Waals surface area contributed by atoms with Crippen LogP contribution in [0, 0.1) is 29.6 Å². The zero-order valence-corrected chi connectivity index (χ0v) is 45.8. The van der Waals surface area contributed by atoms with Crippen LogP contribution < -0.4 is 37.2 Å². The predicted molar refractivity (Wildman–Crippen MR) is 275 cm³/mol. The van der Waals surface area contributed by atoms with E-state index in [-0.39, 0.29) is 67.3 Å². The molecule has 0 aromatic heterocycles. The third kappa shape index (κ3) is 26.2. The maximum atomic E-state index is 13.7. The number of amides is 7. The van der Waals surface area contributed by atoms with Gasteiger partial charge in [0, 0.05) is 37.4 Å². The number of nitrogens with one attached hydrogen (secondary N) is 7. The molecule has 1 fully saturated rings. The van der Waals surface area contributed by atoms with E-state index in [1.165, 1.54) is 28.5 Å². The molecule has 7 amide bonds. The van der Waals surface area contributed by atoms with Crippen molar-refractivity contribution in [2.45, 2.75) is 194 Å². The van der Waals surface area contributed by atoms with Gasteiger partial charge in [0.05, 0.1) is 50.3 Å². The first-order valence-electron chi connectivity index (χ1n) is 25.2. The van der Waals surface area contributed by atoms with Gasteiger partial charge in [-0.3, -0.25) is 33.6 Å². The van der Waals surface area contributed by atoms with Crippen molar-refractivity contribution in [1.29, 1.82) is 0 Å². The Hall–Kier alpha value is -3.33. The summed E-state index contributed by atoms with van der Waals surface area (Å²) in [5.41, 5.74) is 0. The third-order valence-electron chi connectivity index (χ3n) is 11.5. The molecular weight excluding hydrogens is 979 g/mol. The molecule has 0 aromatic carbocycles. The van der Waals surface area contributed by atoms with E-state index in [0.717, 1.165) is 0 Å². The fourth-order valence-corrected chi connectivity index (χ4v) is 9.36. The second-order valence-electron chi connectivity index (χ2n) is 20.5. The van der Waals surface area contributed by atoms with Gasteiger partial charge < -0.3 is 77.3 Å². The Kier molecular flexibility index (Phi) is 32.4. The molecule has 418 valence electrons. The first-order chi connectivity index (χ1) is 33.7. The van der Waals surface area contributed by atoms with E-state index in [4.69, 9.17) is 9.47 Å². The highest BCUT2D eigenvalue weighted by atomic mass is 33.1. The number of carbonyl (C=O) groups excluding carboxylic acids is 7. The van der Waals surface area contributed by atoms with E-state index in [2.05, 4.69) is 37.2 Å². The average Bonchev–Trinajstić information content (AvgIpc) is 3.27. The number of rotatable bonds is 35. The maximum absolute atomic E-state index is 13.7. The van der Waals surface area contributed by atoms with E-state index < -0.39 is 116 Å². The molecule has 13 N–H and O–H groups in total. The predicted octanol–water partition coefficient (Wildman–Crippen LogP) is -0.407. The highest BCUT2D eigenvalue weighted by Gasteiger charge is 2.44. The van der Waals surface area contributed by atoms with Gasteiger partial charge >= 0.3 is 0 Å². The smallest absolute Gasteiger partial charge is 0.243 e. The molecule has 22 nitrogen and oxygen atoms in total. The topological polar surface area (TPSA) is 344 Å². The van der Waals surface area contributed by atoms with E-state index in [9.17, 15) is 64.2 Å². The van der Waals surface area contributed by atoms with Gasteiger partial charge in [-0.2, -0.15) is 0 Å².